The Morgan fingerprint density at radius 1 is 1.12 bits per heavy atom. The smallest absolute Gasteiger partial charge is 0.303 e. The van der Waals surface area contributed by atoms with Crippen LogP contribution in [0.5, 0.6) is 0 Å². The van der Waals surface area contributed by atoms with E-state index in [2.05, 4.69) is 0 Å². The van der Waals surface area contributed by atoms with Crippen molar-refractivity contribution >= 4 is 23.5 Å². The van der Waals surface area contributed by atoms with E-state index in [-0.39, 0.29) is 37.4 Å². The van der Waals surface area contributed by atoms with Crippen LogP contribution in [0, 0.1) is 22.7 Å². The van der Waals surface area contributed by atoms with Crippen molar-refractivity contribution in [2.45, 2.75) is 103 Å². The lowest BCUT2D eigenvalue weighted by Crippen LogP contribution is -2.71. The number of hydrogen-bond donors (Lipinski definition) is 1. The molecule has 3 rings (SSSR count). The first-order valence-electron chi connectivity index (χ1n) is 12.1. The molecule has 7 nitrogen and oxygen atoms in total. The van der Waals surface area contributed by atoms with Crippen LogP contribution in [0.3, 0.4) is 0 Å². The lowest BCUT2D eigenvalue weighted by molar-refractivity contribution is -0.236. The average molecular weight is 469 g/mol. The van der Waals surface area contributed by atoms with Gasteiger partial charge in [-0.05, 0) is 44.9 Å². The van der Waals surface area contributed by atoms with Crippen LogP contribution < -0.4 is 0 Å². The molecule has 0 radical (unpaired) electrons. The van der Waals surface area contributed by atoms with Crippen LogP contribution in [0.1, 0.15) is 86.0 Å². The van der Waals surface area contributed by atoms with Crippen LogP contribution in [0.2, 0.25) is 0 Å². The topological polar surface area (TPSA) is 107 Å². The fraction of sp³-hybridized carbons (Fsp3) is 0.840. The molecule has 0 aromatic rings. The molecule has 0 bridgehead atoms. The summed E-state index contributed by atoms with van der Waals surface area (Å²) in [6, 6.07) is 0. The van der Waals surface area contributed by atoms with Crippen molar-refractivity contribution in [3.8, 4) is 0 Å². The zero-order valence-corrected chi connectivity index (χ0v) is 20.4. The van der Waals surface area contributed by atoms with Crippen molar-refractivity contribution in [2.75, 3.05) is 6.61 Å². The number of alkyl halides is 1. The molecule has 3 saturated carbocycles. The molecule has 186 valence electrons. The third-order valence-corrected chi connectivity index (χ3v) is 9.02. The molecular weight excluding hydrogens is 431 g/mol. The van der Waals surface area contributed by atoms with E-state index in [0.29, 0.717) is 19.3 Å². The van der Waals surface area contributed by atoms with Gasteiger partial charge in [-0.15, -0.1) is 0 Å². The molecular formula is C25H37FO7. The molecule has 0 saturated heterocycles. The number of fused-ring (bicyclic) bond motifs is 3. The van der Waals surface area contributed by atoms with Crippen LogP contribution in [-0.4, -0.2) is 52.6 Å². The molecule has 3 fully saturated rings. The van der Waals surface area contributed by atoms with E-state index in [0.717, 1.165) is 6.42 Å². The summed E-state index contributed by atoms with van der Waals surface area (Å²) in [7, 11) is 0. The second-order valence-electron chi connectivity index (χ2n) is 10.7. The zero-order valence-electron chi connectivity index (χ0n) is 20.4. The van der Waals surface area contributed by atoms with Crippen LogP contribution in [0.15, 0.2) is 0 Å². The number of ketones is 2. The van der Waals surface area contributed by atoms with Crippen LogP contribution in [0.25, 0.3) is 0 Å². The molecule has 7 atom stereocenters. The Balaban J connectivity index is 2.06. The number of aliphatic hydroxyl groups excluding tert-OH is 1. The first-order valence-corrected chi connectivity index (χ1v) is 12.1. The number of halogens is 1. The predicted octanol–water partition coefficient (Wildman–Crippen LogP) is 3.49. The lowest BCUT2D eigenvalue weighted by Gasteiger charge is -2.61. The van der Waals surface area contributed by atoms with E-state index >= 15 is 4.39 Å². The SMILES string of the molecule is CCCC[C@@]1(C)C(=O)CC[C@H]2[C@@H]3CC[C@](OC(C)=O)(C(=O)COC(C)=O)[C@@]3(C)C[C@H](O)[C@@]21F. The third kappa shape index (κ3) is 3.63. The molecule has 0 amide bonds. The minimum Gasteiger partial charge on any atom is -0.458 e. The number of carbonyl (C=O) groups excluding carboxylic acids is 4. The van der Waals surface area contributed by atoms with Gasteiger partial charge in [-0.2, -0.15) is 0 Å². The summed E-state index contributed by atoms with van der Waals surface area (Å²) in [4.78, 5) is 49.8. The maximum atomic E-state index is 17.1. The second-order valence-corrected chi connectivity index (χ2v) is 10.7. The van der Waals surface area contributed by atoms with E-state index in [1.807, 2.05) is 6.92 Å². The number of rotatable bonds is 7. The van der Waals surface area contributed by atoms with Crippen LogP contribution in [0.4, 0.5) is 4.39 Å². The first-order chi connectivity index (χ1) is 15.3. The van der Waals surface area contributed by atoms with Crippen LogP contribution in [-0.2, 0) is 28.7 Å². The van der Waals surface area contributed by atoms with Gasteiger partial charge in [-0.25, -0.2) is 4.39 Å². The normalized spacial score (nSPS) is 42.3. The van der Waals surface area contributed by atoms with Crippen molar-refractivity contribution in [3.63, 3.8) is 0 Å². The molecule has 3 aliphatic rings. The Bertz CT molecular complexity index is 843. The summed E-state index contributed by atoms with van der Waals surface area (Å²) in [6.45, 7) is 7.22. The number of hydrogen-bond acceptors (Lipinski definition) is 7. The number of unbranched alkanes of at least 4 members (excludes halogenated alkanes) is 1. The molecule has 0 spiro atoms. The van der Waals surface area contributed by atoms with Crippen molar-refractivity contribution in [2.24, 2.45) is 22.7 Å². The van der Waals surface area contributed by atoms with Gasteiger partial charge in [0.15, 0.2) is 17.9 Å². The van der Waals surface area contributed by atoms with Gasteiger partial charge < -0.3 is 14.6 Å². The van der Waals surface area contributed by atoms with E-state index in [4.69, 9.17) is 9.47 Å². The maximum absolute atomic E-state index is 17.1. The van der Waals surface area contributed by atoms with Gasteiger partial charge in [0.25, 0.3) is 0 Å². The number of carbonyl (C=O) groups is 4. The van der Waals surface area contributed by atoms with Crippen molar-refractivity contribution in [3.05, 3.63) is 0 Å². The summed E-state index contributed by atoms with van der Waals surface area (Å²) in [5, 5.41) is 11.3. The highest BCUT2D eigenvalue weighted by Crippen LogP contribution is 2.69. The Morgan fingerprint density at radius 2 is 1.79 bits per heavy atom. The van der Waals surface area contributed by atoms with Crippen molar-refractivity contribution in [1.82, 2.24) is 0 Å². The maximum Gasteiger partial charge on any atom is 0.303 e. The van der Waals surface area contributed by atoms with Gasteiger partial charge in [0.05, 0.1) is 11.5 Å². The summed E-state index contributed by atoms with van der Waals surface area (Å²) in [5.41, 5.74) is -6.10. The summed E-state index contributed by atoms with van der Waals surface area (Å²) in [5.74, 6) is -3.04. The molecule has 0 unspecified atom stereocenters. The summed E-state index contributed by atoms with van der Waals surface area (Å²) in [6.07, 6.45) is 1.29. The predicted molar refractivity (Wildman–Crippen MR) is 117 cm³/mol. The highest BCUT2D eigenvalue weighted by atomic mass is 19.1. The van der Waals surface area contributed by atoms with Gasteiger partial charge in [-0.3, -0.25) is 19.2 Å². The molecule has 1 N–H and O–H groups in total. The summed E-state index contributed by atoms with van der Waals surface area (Å²) < 4.78 is 27.7. The Labute approximate surface area is 194 Å². The quantitative estimate of drug-likeness (QED) is 0.570. The molecule has 8 heteroatoms. The van der Waals surface area contributed by atoms with E-state index in [1.54, 1.807) is 13.8 Å². The number of Topliss-reactive ketones (excluding diaryl/α,β-unsaturated/α-hetero) is 2. The Morgan fingerprint density at radius 3 is 2.36 bits per heavy atom. The largest absolute Gasteiger partial charge is 0.458 e. The van der Waals surface area contributed by atoms with E-state index in [1.165, 1.54) is 13.8 Å². The molecule has 0 aliphatic heterocycles. The van der Waals surface area contributed by atoms with Gasteiger partial charge in [0.1, 0.15) is 5.78 Å². The highest BCUT2D eigenvalue weighted by molar-refractivity contribution is 5.93. The zero-order chi connectivity index (χ0) is 24.8. The lowest BCUT2D eigenvalue weighted by atomic mass is 9.45. The van der Waals surface area contributed by atoms with Gasteiger partial charge in [0, 0.05) is 31.6 Å². The van der Waals surface area contributed by atoms with Crippen LogP contribution >= 0.6 is 0 Å². The minimum atomic E-state index is -2.12. The monoisotopic (exact) mass is 468 g/mol. The Hall–Kier alpha value is -1.83. The number of aliphatic hydroxyl groups is 1. The average Bonchev–Trinajstić information content (AvgIpc) is 3.01. The molecule has 33 heavy (non-hydrogen) atoms. The molecule has 0 heterocycles. The Kier molecular flexibility index (Phi) is 6.84. The van der Waals surface area contributed by atoms with Gasteiger partial charge in [0.2, 0.25) is 5.78 Å². The molecule has 0 aromatic heterocycles. The summed E-state index contributed by atoms with van der Waals surface area (Å²) >= 11 is 0. The third-order valence-electron chi connectivity index (χ3n) is 9.02. The molecule has 3 aliphatic carbocycles. The fourth-order valence-corrected chi connectivity index (χ4v) is 7.35. The van der Waals surface area contributed by atoms with E-state index in [9.17, 15) is 24.3 Å². The van der Waals surface area contributed by atoms with Gasteiger partial charge in [-0.1, -0.05) is 26.7 Å². The highest BCUT2D eigenvalue weighted by Gasteiger charge is 2.76. The van der Waals surface area contributed by atoms with Gasteiger partial charge >= 0.3 is 11.9 Å². The standard InChI is InChI=1S/C25H37FO7/c1-6-7-11-22(4)19(29)9-8-18-17-10-12-24(33-16(3)28,21(31)14-32-15(2)27)23(17,5)13-20(30)25(18,22)26/h17-18,20,30H,6-14H2,1-5H3/t17-,18-,20-,22-,23-,24-,25-/m0/s1. The second kappa shape index (κ2) is 8.75. The minimum absolute atomic E-state index is 0.126. The number of ether oxygens (including phenoxy) is 2. The van der Waals surface area contributed by atoms with Crippen molar-refractivity contribution in [1.29, 1.82) is 0 Å². The number of esters is 2. The van der Waals surface area contributed by atoms with Crippen molar-refractivity contribution < 1.29 is 38.1 Å². The first kappa shape index (κ1) is 25.8. The molecule has 0 aromatic carbocycles. The fourth-order valence-electron chi connectivity index (χ4n) is 7.35. The van der Waals surface area contributed by atoms with E-state index < -0.39 is 58.5 Å².